The van der Waals surface area contributed by atoms with Gasteiger partial charge in [0.25, 0.3) is 0 Å². The molecule has 1 spiro atoms. The molecule has 0 radical (unpaired) electrons. The normalized spacial score (nSPS) is 32.1. The van der Waals surface area contributed by atoms with Gasteiger partial charge in [0.1, 0.15) is 0 Å². The lowest BCUT2D eigenvalue weighted by Crippen LogP contribution is -2.64. The molecule has 1 atom stereocenters. The van der Waals surface area contributed by atoms with Gasteiger partial charge in [0.15, 0.2) is 0 Å². The summed E-state index contributed by atoms with van der Waals surface area (Å²) in [6, 6.07) is 0.797. The van der Waals surface area contributed by atoms with E-state index in [0.717, 1.165) is 12.0 Å². The molecule has 3 rings (SSSR count). The molecule has 3 aliphatic rings. The summed E-state index contributed by atoms with van der Waals surface area (Å²) in [5.74, 6) is 0.996. The summed E-state index contributed by atoms with van der Waals surface area (Å²) in [7, 11) is 0. The van der Waals surface area contributed by atoms with Crippen molar-refractivity contribution in [2.24, 2.45) is 11.3 Å². The van der Waals surface area contributed by atoms with Crippen molar-refractivity contribution < 1.29 is 0 Å². The first kappa shape index (κ1) is 13.9. The van der Waals surface area contributed by atoms with E-state index in [1.54, 1.807) is 0 Å². The van der Waals surface area contributed by atoms with Crippen molar-refractivity contribution >= 4 is 0 Å². The Morgan fingerprint density at radius 2 is 1.84 bits per heavy atom. The second-order valence-electron chi connectivity index (χ2n) is 8.51. The molecule has 2 saturated carbocycles. The van der Waals surface area contributed by atoms with Gasteiger partial charge in [-0.2, -0.15) is 0 Å². The van der Waals surface area contributed by atoms with Crippen molar-refractivity contribution in [1.82, 2.24) is 10.2 Å². The fourth-order valence-corrected chi connectivity index (χ4v) is 4.07. The van der Waals surface area contributed by atoms with Crippen molar-refractivity contribution in [2.75, 3.05) is 19.6 Å². The van der Waals surface area contributed by atoms with Gasteiger partial charge in [0.05, 0.1) is 0 Å². The van der Waals surface area contributed by atoms with Gasteiger partial charge in [-0.1, -0.05) is 33.6 Å². The average molecular weight is 264 g/mol. The van der Waals surface area contributed by atoms with E-state index < -0.39 is 0 Å². The molecule has 0 amide bonds. The van der Waals surface area contributed by atoms with Crippen LogP contribution in [0.15, 0.2) is 0 Å². The Labute approximate surface area is 119 Å². The quantitative estimate of drug-likeness (QED) is 0.840. The van der Waals surface area contributed by atoms with E-state index in [2.05, 4.69) is 31.0 Å². The van der Waals surface area contributed by atoms with Gasteiger partial charge in [0.2, 0.25) is 0 Å². The third kappa shape index (κ3) is 3.16. The Morgan fingerprint density at radius 1 is 1.16 bits per heavy atom. The third-order valence-corrected chi connectivity index (χ3v) is 5.64. The van der Waals surface area contributed by atoms with Crippen LogP contribution in [0.3, 0.4) is 0 Å². The van der Waals surface area contributed by atoms with Gasteiger partial charge in [-0.15, -0.1) is 0 Å². The van der Waals surface area contributed by atoms with E-state index in [1.165, 1.54) is 64.6 Å². The second-order valence-corrected chi connectivity index (χ2v) is 8.51. The smallest absolute Gasteiger partial charge is 0.0334 e. The van der Waals surface area contributed by atoms with Gasteiger partial charge >= 0.3 is 0 Å². The molecule has 1 unspecified atom stereocenters. The fraction of sp³-hybridized carbons (Fsp3) is 1.00. The number of hydrogen-bond donors (Lipinski definition) is 1. The molecular formula is C17H32N2. The lowest BCUT2D eigenvalue weighted by Gasteiger charge is -2.49. The number of rotatable bonds is 3. The monoisotopic (exact) mass is 264 g/mol. The molecule has 1 saturated heterocycles. The predicted octanol–water partition coefficient (Wildman–Crippen LogP) is 3.42. The van der Waals surface area contributed by atoms with Crippen LogP contribution in [0, 0.1) is 11.3 Å². The van der Waals surface area contributed by atoms with Crippen LogP contribution in [-0.4, -0.2) is 36.1 Å². The number of nitrogens with zero attached hydrogens (tertiary/aromatic N) is 1. The lowest BCUT2D eigenvalue weighted by atomic mass is 9.87. The molecule has 19 heavy (non-hydrogen) atoms. The Morgan fingerprint density at radius 3 is 2.42 bits per heavy atom. The summed E-state index contributed by atoms with van der Waals surface area (Å²) in [6.07, 6.45) is 10.0. The van der Waals surface area contributed by atoms with Gasteiger partial charge in [-0.3, -0.25) is 4.90 Å². The van der Waals surface area contributed by atoms with Crippen molar-refractivity contribution in [2.45, 2.75) is 77.3 Å². The zero-order valence-corrected chi connectivity index (χ0v) is 13.2. The molecule has 0 aromatic carbocycles. The van der Waals surface area contributed by atoms with Crippen molar-refractivity contribution in [3.05, 3.63) is 0 Å². The Kier molecular flexibility index (Phi) is 3.68. The summed E-state index contributed by atoms with van der Waals surface area (Å²) in [5, 5.41) is 3.90. The van der Waals surface area contributed by atoms with Crippen LogP contribution >= 0.6 is 0 Å². The van der Waals surface area contributed by atoms with Crippen LogP contribution in [0.25, 0.3) is 0 Å². The number of hydrogen-bond acceptors (Lipinski definition) is 2. The van der Waals surface area contributed by atoms with Gasteiger partial charge in [-0.05, 0) is 50.0 Å². The largest absolute Gasteiger partial charge is 0.311 e. The van der Waals surface area contributed by atoms with Crippen molar-refractivity contribution in [1.29, 1.82) is 0 Å². The van der Waals surface area contributed by atoms with Gasteiger partial charge < -0.3 is 5.32 Å². The van der Waals surface area contributed by atoms with Crippen molar-refractivity contribution in [3.8, 4) is 0 Å². The first-order valence-corrected chi connectivity index (χ1v) is 8.47. The highest BCUT2D eigenvalue weighted by molar-refractivity contribution is 5.04. The van der Waals surface area contributed by atoms with E-state index in [-0.39, 0.29) is 0 Å². The first-order valence-electron chi connectivity index (χ1n) is 8.47. The summed E-state index contributed by atoms with van der Waals surface area (Å²) in [5.41, 5.74) is 0.996. The molecule has 0 bridgehead atoms. The Balaban J connectivity index is 1.65. The summed E-state index contributed by atoms with van der Waals surface area (Å²) in [4.78, 5) is 2.89. The maximum atomic E-state index is 3.90. The molecule has 110 valence electrons. The Hall–Kier alpha value is -0.0800. The highest BCUT2D eigenvalue weighted by Gasteiger charge is 2.46. The summed E-state index contributed by atoms with van der Waals surface area (Å²) < 4.78 is 0. The molecule has 1 aliphatic heterocycles. The zero-order valence-electron chi connectivity index (χ0n) is 13.2. The zero-order chi connectivity index (χ0) is 13.5. The molecule has 2 nitrogen and oxygen atoms in total. The molecule has 0 aromatic rings. The molecule has 2 aliphatic carbocycles. The first-order chi connectivity index (χ1) is 8.99. The van der Waals surface area contributed by atoms with E-state index in [9.17, 15) is 0 Å². The Bertz CT molecular complexity index is 308. The summed E-state index contributed by atoms with van der Waals surface area (Å²) >= 11 is 0. The predicted molar refractivity (Wildman–Crippen MR) is 81.4 cm³/mol. The lowest BCUT2D eigenvalue weighted by molar-refractivity contribution is 0.0299. The van der Waals surface area contributed by atoms with Gasteiger partial charge in [-0.25, -0.2) is 0 Å². The minimum Gasteiger partial charge on any atom is -0.311 e. The minimum atomic E-state index is 0.472. The van der Waals surface area contributed by atoms with E-state index in [4.69, 9.17) is 0 Å². The van der Waals surface area contributed by atoms with E-state index >= 15 is 0 Å². The number of piperazine rings is 1. The van der Waals surface area contributed by atoms with E-state index in [0.29, 0.717) is 11.0 Å². The van der Waals surface area contributed by atoms with Gasteiger partial charge in [0, 0.05) is 24.7 Å². The highest BCUT2D eigenvalue weighted by atomic mass is 15.3. The maximum Gasteiger partial charge on any atom is 0.0334 e. The topological polar surface area (TPSA) is 15.3 Å². The molecule has 0 aromatic heterocycles. The standard InChI is InChI=1S/C17H32N2/c1-16(2,3)10-11-19-12-15(14-6-7-14)18-13-17(19)8-4-5-9-17/h14-15,18H,4-13H2,1-3H3. The summed E-state index contributed by atoms with van der Waals surface area (Å²) in [6.45, 7) is 11.0. The molecule has 3 fully saturated rings. The average Bonchev–Trinajstić information content (AvgIpc) is 3.09. The molecule has 2 heteroatoms. The van der Waals surface area contributed by atoms with Crippen LogP contribution in [0.5, 0.6) is 0 Å². The van der Waals surface area contributed by atoms with Crippen LogP contribution in [0.2, 0.25) is 0 Å². The minimum absolute atomic E-state index is 0.472. The third-order valence-electron chi connectivity index (χ3n) is 5.64. The molecule has 1 heterocycles. The van der Waals surface area contributed by atoms with Crippen LogP contribution < -0.4 is 5.32 Å². The maximum absolute atomic E-state index is 3.90. The van der Waals surface area contributed by atoms with Crippen molar-refractivity contribution in [3.63, 3.8) is 0 Å². The van der Waals surface area contributed by atoms with Crippen LogP contribution in [-0.2, 0) is 0 Å². The SMILES string of the molecule is CC(C)(C)CCN1CC(C2CC2)NCC12CCCC2. The molecular weight excluding hydrogens is 232 g/mol. The van der Waals surface area contributed by atoms with Crippen LogP contribution in [0.4, 0.5) is 0 Å². The number of nitrogens with one attached hydrogen (secondary N) is 1. The molecule has 1 N–H and O–H groups in total. The second kappa shape index (κ2) is 5.04. The highest BCUT2D eigenvalue weighted by Crippen LogP contribution is 2.41. The van der Waals surface area contributed by atoms with Crippen LogP contribution in [0.1, 0.15) is 65.7 Å². The fourth-order valence-electron chi connectivity index (χ4n) is 4.07. The van der Waals surface area contributed by atoms with E-state index in [1.807, 2.05) is 0 Å².